The molecule has 1 saturated heterocycles. The molecule has 0 radical (unpaired) electrons. The summed E-state index contributed by atoms with van der Waals surface area (Å²) in [6, 6.07) is 0. The summed E-state index contributed by atoms with van der Waals surface area (Å²) >= 11 is 4.27. The molecule has 1 rings (SSSR count). The largest absolute Gasteiger partial charge is 0.465 e. The highest BCUT2D eigenvalue weighted by molar-refractivity contribution is 7.99. The van der Waals surface area contributed by atoms with Crippen molar-refractivity contribution in [1.29, 1.82) is 0 Å². The summed E-state index contributed by atoms with van der Waals surface area (Å²) in [6.07, 6.45) is 29.4. The first-order valence-electron chi connectivity index (χ1n) is 21.0. The predicted octanol–water partition coefficient (Wildman–Crippen LogP) is 10.7. The third-order valence-electron chi connectivity index (χ3n) is 10.3. The second-order valence-corrected chi connectivity index (χ2v) is 17.2. The highest BCUT2D eigenvalue weighted by atomic mass is 32.2. The number of unbranched alkanes of at least 4 members (excludes halogenated alkanes) is 16. The SMILES string of the molecule is CCCCCCCCCCCSCCCC1(CCCSCCCCCCCCCCC)CN(CCCNC(=O)O)CCN1CCCNC(=O)O. The van der Waals surface area contributed by atoms with Gasteiger partial charge in [0.1, 0.15) is 0 Å². The first-order chi connectivity index (χ1) is 24.4. The van der Waals surface area contributed by atoms with Crippen LogP contribution in [0.15, 0.2) is 0 Å². The standard InChI is InChI=1S/C40H80N4O4S2/c1-3-5-7-9-11-13-15-17-19-33-49-35-21-25-40(26-22-36-50-34-20-18-16-14-12-10-8-6-4-2)37-43(29-23-27-41-38(45)46)31-32-44(40)30-24-28-42-39(47)48/h41-42H,3-37H2,1-2H3,(H,45,46)(H,47,48). The van der Waals surface area contributed by atoms with Crippen LogP contribution in [0.2, 0.25) is 0 Å². The summed E-state index contributed by atoms with van der Waals surface area (Å²) < 4.78 is 0. The molecular formula is C40H80N4O4S2. The molecule has 0 bridgehead atoms. The summed E-state index contributed by atoms with van der Waals surface area (Å²) in [5.74, 6) is 4.96. The van der Waals surface area contributed by atoms with Crippen LogP contribution in [-0.4, -0.2) is 107 Å². The third kappa shape index (κ3) is 26.9. The van der Waals surface area contributed by atoms with Gasteiger partial charge in [-0.25, -0.2) is 9.59 Å². The quantitative estimate of drug-likeness (QED) is 0.0470. The number of hydrogen-bond acceptors (Lipinski definition) is 6. The van der Waals surface area contributed by atoms with Gasteiger partial charge >= 0.3 is 12.2 Å². The van der Waals surface area contributed by atoms with Crippen LogP contribution in [0, 0.1) is 0 Å². The van der Waals surface area contributed by atoms with Gasteiger partial charge in [-0.05, 0) is 80.9 Å². The molecule has 1 heterocycles. The number of nitrogens with zero attached hydrogens (tertiary/aromatic N) is 2. The fourth-order valence-corrected chi connectivity index (χ4v) is 9.36. The molecule has 2 amide bonds. The highest BCUT2D eigenvalue weighted by Gasteiger charge is 2.40. The van der Waals surface area contributed by atoms with Crippen LogP contribution < -0.4 is 10.6 Å². The maximum absolute atomic E-state index is 11.1. The van der Waals surface area contributed by atoms with Crippen LogP contribution in [-0.2, 0) is 0 Å². The Hall–Kier alpha value is -0.840. The monoisotopic (exact) mass is 745 g/mol. The Morgan fingerprint density at radius 2 is 0.940 bits per heavy atom. The van der Waals surface area contributed by atoms with Crippen LogP contribution in [0.1, 0.15) is 168 Å². The smallest absolute Gasteiger partial charge is 0.404 e. The van der Waals surface area contributed by atoms with Gasteiger partial charge < -0.3 is 25.7 Å². The zero-order valence-corrected chi connectivity index (χ0v) is 34.3. The van der Waals surface area contributed by atoms with Gasteiger partial charge in [0.15, 0.2) is 0 Å². The summed E-state index contributed by atoms with van der Waals surface area (Å²) in [4.78, 5) is 27.4. The molecule has 50 heavy (non-hydrogen) atoms. The fraction of sp³-hybridized carbons (Fsp3) is 0.950. The number of nitrogens with one attached hydrogen (secondary N) is 2. The van der Waals surface area contributed by atoms with Crippen molar-refractivity contribution in [2.75, 3.05) is 68.8 Å². The third-order valence-corrected chi connectivity index (χ3v) is 12.6. The number of hydrogen-bond donors (Lipinski definition) is 4. The minimum absolute atomic E-state index is 0.0956. The molecule has 1 aliphatic heterocycles. The van der Waals surface area contributed by atoms with Crippen molar-refractivity contribution < 1.29 is 19.8 Å². The van der Waals surface area contributed by atoms with Crippen molar-refractivity contribution in [3.05, 3.63) is 0 Å². The second-order valence-electron chi connectivity index (χ2n) is 14.7. The molecule has 0 aromatic carbocycles. The summed E-state index contributed by atoms with van der Waals surface area (Å²) in [6.45, 7) is 10.4. The topological polar surface area (TPSA) is 105 Å². The van der Waals surface area contributed by atoms with Crippen LogP contribution in [0.25, 0.3) is 0 Å². The molecule has 1 fully saturated rings. The molecule has 0 atom stereocenters. The van der Waals surface area contributed by atoms with E-state index in [0.717, 1.165) is 45.6 Å². The molecule has 10 heteroatoms. The van der Waals surface area contributed by atoms with Crippen LogP contribution in [0.3, 0.4) is 0 Å². The summed E-state index contributed by atoms with van der Waals surface area (Å²) in [5, 5.41) is 23.3. The molecule has 0 aromatic heterocycles. The van der Waals surface area contributed by atoms with Crippen molar-refractivity contribution in [2.45, 2.75) is 173 Å². The lowest BCUT2D eigenvalue weighted by Gasteiger charge is -2.52. The zero-order chi connectivity index (χ0) is 36.4. The molecule has 0 unspecified atom stereocenters. The van der Waals surface area contributed by atoms with Crippen molar-refractivity contribution in [1.82, 2.24) is 20.4 Å². The van der Waals surface area contributed by atoms with Gasteiger partial charge in [0.2, 0.25) is 0 Å². The van der Waals surface area contributed by atoms with E-state index in [0.29, 0.717) is 13.1 Å². The number of carbonyl (C=O) groups is 2. The molecule has 0 saturated carbocycles. The van der Waals surface area contributed by atoms with Gasteiger partial charge in [-0.3, -0.25) is 4.90 Å². The first-order valence-corrected chi connectivity index (χ1v) is 23.3. The average Bonchev–Trinajstić information content (AvgIpc) is 3.09. The highest BCUT2D eigenvalue weighted by Crippen LogP contribution is 2.33. The first kappa shape index (κ1) is 47.2. The molecule has 0 aromatic rings. The number of amides is 2. The second kappa shape index (κ2) is 34.0. The summed E-state index contributed by atoms with van der Waals surface area (Å²) in [5.41, 5.74) is 0.0956. The lowest BCUT2D eigenvalue weighted by molar-refractivity contribution is -0.0163. The van der Waals surface area contributed by atoms with E-state index >= 15 is 0 Å². The van der Waals surface area contributed by atoms with Crippen LogP contribution in [0.5, 0.6) is 0 Å². The molecule has 0 aliphatic carbocycles. The zero-order valence-electron chi connectivity index (χ0n) is 32.7. The molecule has 1 aliphatic rings. The predicted molar refractivity (Wildman–Crippen MR) is 220 cm³/mol. The van der Waals surface area contributed by atoms with Gasteiger partial charge in [-0.15, -0.1) is 0 Å². The van der Waals surface area contributed by atoms with Crippen LogP contribution in [0.4, 0.5) is 9.59 Å². The Labute approximate surface area is 317 Å². The number of rotatable bonds is 36. The van der Waals surface area contributed by atoms with Crippen molar-refractivity contribution in [2.24, 2.45) is 0 Å². The van der Waals surface area contributed by atoms with Gasteiger partial charge in [-0.2, -0.15) is 23.5 Å². The van der Waals surface area contributed by atoms with Crippen molar-refractivity contribution >= 4 is 35.7 Å². The molecular weight excluding hydrogens is 665 g/mol. The Morgan fingerprint density at radius 3 is 1.38 bits per heavy atom. The number of thioether (sulfide) groups is 2. The van der Waals surface area contributed by atoms with E-state index < -0.39 is 12.2 Å². The molecule has 296 valence electrons. The van der Waals surface area contributed by atoms with Gasteiger partial charge in [-0.1, -0.05) is 117 Å². The Balaban J connectivity index is 2.63. The van der Waals surface area contributed by atoms with E-state index in [1.54, 1.807) is 0 Å². The van der Waals surface area contributed by atoms with E-state index in [-0.39, 0.29) is 5.54 Å². The molecule has 4 N–H and O–H groups in total. The lowest BCUT2D eigenvalue weighted by atomic mass is 9.84. The lowest BCUT2D eigenvalue weighted by Crippen LogP contribution is -2.62. The minimum Gasteiger partial charge on any atom is -0.465 e. The van der Waals surface area contributed by atoms with Crippen molar-refractivity contribution in [3.63, 3.8) is 0 Å². The van der Waals surface area contributed by atoms with Gasteiger partial charge in [0.25, 0.3) is 0 Å². The minimum atomic E-state index is -0.945. The normalized spacial score (nSPS) is 15.0. The Kier molecular flexibility index (Phi) is 32.0. The van der Waals surface area contributed by atoms with E-state index in [1.807, 2.05) is 0 Å². The Bertz CT molecular complexity index is 764. The van der Waals surface area contributed by atoms with E-state index in [2.05, 4.69) is 57.8 Å². The average molecular weight is 745 g/mol. The van der Waals surface area contributed by atoms with Crippen molar-refractivity contribution in [3.8, 4) is 0 Å². The van der Waals surface area contributed by atoms with E-state index in [1.165, 1.54) is 164 Å². The van der Waals surface area contributed by atoms with E-state index in [4.69, 9.17) is 10.2 Å². The summed E-state index contributed by atoms with van der Waals surface area (Å²) in [7, 11) is 0. The number of piperazine rings is 1. The fourth-order valence-electron chi connectivity index (χ4n) is 7.44. The van der Waals surface area contributed by atoms with Gasteiger partial charge in [0.05, 0.1) is 0 Å². The molecule has 0 spiro atoms. The van der Waals surface area contributed by atoms with Gasteiger partial charge in [0, 0.05) is 44.8 Å². The van der Waals surface area contributed by atoms with Crippen LogP contribution >= 0.6 is 23.5 Å². The maximum Gasteiger partial charge on any atom is 0.404 e. The maximum atomic E-state index is 11.1. The van der Waals surface area contributed by atoms with E-state index in [9.17, 15) is 9.59 Å². The number of carboxylic acid groups (broad SMARTS) is 2. The molecule has 8 nitrogen and oxygen atoms in total. The Morgan fingerprint density at radius 1 is 0.540 bits per heavy atom.